The van der Waals surface area contributed by atoms with Gasteiger partial charge in [0.2, 0.25) is 5.91 Å². The molecule has 1 atom stereocenters. The normalized spacial score (nSPS) is 17.5. The van der Waals surface area contributed by atoms with E-state index in [1.54, 1.807) is 0 Å². The van der Waals surface area contributed by atoms with Gasteiger partial charge in [0.05, 0.1) is 0 Å². The number of amides is 1. The quantitative estimate of drug-likeness (QED) is 0.645. The molecule has 0 aromatic heterocycles. The van der Waals surface area contributed by atoms with E-state index in [9.17, 15) is 4.79 Å². The highest BCUT2D eigenvalue weighted by Crippen LogP contribution is 2.24. The highest BCUT2D eigenvalue weighted by molar-refractivity contribution is 9.10. The van der Waals surface area contributed by atoms with E-state index in [0.717, 1.165) is 62.8 Å². The van der Waals surface area contributed by atoms with Crippen LogP contribution >= 0.6 is 15.9 Å². The molecule has 1 aliphatic heterocycles. The number of rotatable bonds is 9. The molecule has 1 amide bonds. The average molecular weight is 382 g/mol. The molecule has 0 aliphatic carbocycles. The molecule has 0 bridgehead atoms. The van der Waals surface area contributed by atoms with Gasteiger partial charge in [-0.05, 0) is 56.0 Å². The third kappa shape index (κ3) is 6.51. The molecule has 2 rings (SSSR count). The van der Waals surface area contributed by atoms with E-state index in [1.165, 1.54) is 5.69 Å². The fourth-order valence-corrected chi connectivity index (χ4v) is 3.28. The van der Waals surface area contributed by atoms with Gasteiger partial charge in [-0.1, -0.05) is 28.8 Å². The van der Waals surface area contributed by atoms with Crippen LogP contribution in [-0.2, 0) is 4.79 Å². The number of nitrogens with two attached hydrogens (primary N) is 1. The summed E-state index contributed by atoms with van der Waals surface area (Å²) >= 11 is 3.47. The maximum atomic E-state index is 11.9. The van der Waals surface area contributed by atoms with Crippen LogP contribution in [0.2, 0.25) is 0 Å². The summed E-state index contributed by atoms with van der Waals surface area (Å²) in [7, 11) is 0. The topological polar surface area (TPSA) is 58.4 Å². The maximum Gasteiger partial charge on any atom is 0.220 e. The molecule has 1 aromatic carbocycles. The number of carbonyl (C=O) groups excluding carboxylic acids is 1. The standard InChI is InChI=1S/C18H28BrN3O/c19-16-6-8-17(9-7-16)22-12-10-15(14-22)13-21-18(23)5-3-1-2-4-11-20/h6-9,15H,1-5,10-14,20H2,(H,21,23). The Kier molecular flexibility index (Phi) is 7.89. The number of nitrogens with zero attached hydrogens (tertiary/aromatic N) is 1. The molecule has 5 heteroatoms. The van der Waals surface area contributed by atoms with Crippen molar-refractivity contribution in [1.82, 2.24) is 5.32 Å². The molecule has 128 valence electrons. The van der Waals surface area contributed by atoms with Gasteiger partial charge in [-0.25, -0.2) is 0 Å². The predicted molar refractivity (Wildman–Crippen MR) is 99.6 cm³/mol. The second-order valence-electron chi connectivity index (χ2n) is 6.33. The van der Waals surface area contributed by atoms with Crippen LogP contribution < -0.4 is 16.0 Å². The van der Waals surface area contributed by atoms with Crippen molar-refractivity contribution in [2.75, 3.05) is 31.1 Å². The van der Waals surface area contributed by atoms with Gasteiger partial charge >= 0.3 is 0 Å². The van der Waals surface area contributed by atoms with Gasteiger partial charge in [0.15, 0.2) is 0 Å². The molecule has 3 N–H and O–H groups in total. The fraction of sp³-hybridized carbons (Fsp3) is 0.611. The van der Waals surface area contributed by atoms with Gasteiger partial charge < -0.3 is 16.0 Å². The SMILES string of the molecule is NCCCCCCC(=O)NCC1CCN(c2ccc(Br)cc2)C1. The molecule has 1 fully saturated rings. The Bertz CT molecular complexity index is 478. The number of nitrogens with one attached hydrogen (secondary N) is 1. The molecule has 1 aliphatic rings. The zero-order chi connectivity index (χ0) is 16.5. The minimum atomic E-state index is 0.194. The molecule has 0 saturated carbocycles. The summed E-state index contributed by atoms with van der Waals surface area (Å²) in [6.45, 7) is 3.65. The zero-order valence-electron chi connectivity index (χ0n) is 13.8. The summed E-state index contributed by atoms with van der Waals surface area (Å²) in [6.07, 6.45) is 6.07. The molecule has 1 saturated heterocycles. The van der Waals surface area contributed by atoms with Crippen molar-refractivity contribution < 1.29 is 4.79 Å². The lowest BCUT2D eigenvalue weighted by molar-refractivity contribution is -0.121. The van der Waals surface area contributed by atoms with Crippen LogP contribution in [0.25, 0.3) is 0 Å². The van der Waals surface area contributed by atoms with E-state index < -0.39 is 0 Å². The first-order valence-electron chi connectivity index (χ1n) is 8.66. The third-order valence-electron chi connectivity index (χ3n) is 4.42. The third-order valence-corrected chi connectivity index (χ3v) is 4.95. The van der Waals surface area contributed by atoms with E-state index >= 15 is 0 Å². The number of halogens is 1. The Morgan fingerprint density at radius 3 is 2.70 bits per heavy atom. The first-order valence-corrected chi connectivity index (χ1v) is 9.45. The number of anilines is 1. The number of hydrogen-bond acceptors (Lipinski definition) is 3. The minimum Gasteiger partial charge on any atom is -0.371 e. The number of carbonyl (C=O) groups is 1. The fourth-order valence-electron chi connectivity index (χ4n) is 3.02. The van der Waals surface area contributed by atoms with E-state index in [-0.39, 0.29) is 5.91 Å². The number of benzene rings is 1. The predicted octanol–water partition coefficient (Wildman–Crippen LogP) is 3.30. The monoisotopic (exact) mass is 381 g/mol. The van der Waals surface area contributed by atoms with Gasteiger partial charge in [-0.3, -0.25) is 4.79 Å². The van der Waals surface area contributed by atoms with Crippen molar-refractivity contribution in [3.63, 3.8) is 0 Å². The summed E-state index contributed by atoms with van der Waals surface area (Å²) in [5, 5.41) is 3.10. The molecule has 23 heavy (non-hydrogen) atoms. The Hall–Kier alpha value is -1.07. The molecule has 0 radical (unpaired) electrons. The van der Waals surface area contributed by atoms with Gasteiger partial charge in [0.25, 0.3) is 0 Å². The molecule has 1 heterocycles. The minimum absolute atomic E-state index is 0.194. The summed E-state index contributed by atoms with van der Waals surface area (Å²) in [5.41, 5.74) is 6.73. The first kappa shape index (κ1) is 18.3. The van der Waals surface area contributed by atoms with Gasteiger partial charge in [0, 0.05) is 36.2 Å². The number of unbranched alkanes of at least 4 members (excludes halogenated alkanes) is 3. The maximum absolute atomic E-state index is 11.9. The van der Waals surface area contributed by atoms with Crippen LogP contribution in [0.3, 0.4) is 0 Å². The van der Waals surface area contributed by atoms with E-state index in [1.807, 2.05) is 0 Å². The molecule has 4 nitrogen and oxygen atoms in total. The summed E-state index contributed by atoms with van der Waals surface area (Å²) in [4.78, 5) is 14.3. The Labute approximate surface area is 147 Å². The largest absolute Gasteiger partial charge is 0.371 e. The first-order chi connectivity index (χ1) is 11.2. The highest BCUT2D eigenvalue weighted by atomic mass is 79.9. The molecule has 1 aromatic rings. The van der Waals surface area contributed by atoms with Gasteiger partial charge in [-0.15, -0.1) is 0 Å². The second kappa shape index (κ2) is 9.93. The van der Waals surface area contributed by atoms with Crippen LogP contribution in [0, 0.1) is 5.92 Å². The van der Waals surface area contributed by atoms with Crippen LogP contribution in [-0.4, -0.2) is 32.1 Å². The van der Waals surface area contributed by atoms with Crippen molar-refractivity contribution in [3.8, 4) is 0 Å². The Morgan fingerprint density at radius 2 is 1.96 bits per heavy atom. The van der Waals surface area contributed by atoms with E-state index in [2.05, 4.69) is 50.4 Å². The van der Waals surface area contributed by atoms with Crippen molar-refractivity contribution in [2.24, 2.45) is 11.7 Å². The highest BCUT2D eigenvalue weighted by Gasteiger charge is 2.22. The Balaban J connectivity index is 1.62. The van der Waals surface area contributed by atoms with Crippen LogP contribution in [0.4, 0.5) is 5.69 Å². The van der Waals surface area contributed by atoms with Crippen LogP contribution in [0.1, 0.15) is 38.5 Å². The smallest absolute Gasteiger partial charge is 0.220 e. The lowest BCUT2D eigenvalue weighted by atomic mass is 10.1. The van der Waals surface area contributed by atoms with Crippen molar-refractivity contribution in [2.45, 2.75) is 38.5 Å². The van der Waals surface area contributed by atoms with E-state index in [0.29, 0.717) is 12.3 Å². The second-order valence-corrected chi connectivity index (χ2v) is 7.25. The van der Waals surface area contributed by atoms with Crippen molar-refractivity contribution in [1.29, 1.82) is 0 Å². The molecule has 1 unspecified atom stereocenters. The zero-order valence-corrected chi connectivity index (χ0v) is 15.4. The van der Waals surface area contributed by atoms with Crippen LogP contribution in [0.5, 0.6) is 0 Å². The van der Waals surface area contributed by atoms with Crippen molar-refractivity contribution in [3.05, 3.63) is 28.7 Å². The van der Waals surface area contributed by atoms with Crippen LogP contribution in [0.15, 0.2) is 28.7 Å². The lowest BCUT2D eigenvalue weighted by Gasteiger charge is -2.19. The molecular formula is C18H28BrN3O. The van der Waals surface area contributed by atoms with Crippen molar-refractivity contribution >= 4 is 27.5 Å². The molecular weight excluding hydrogens is 354 g/mol. The Morgan fingerprint density at radius 1 is 1.22 bits per heavy atom. The van der Waals surface area contributed by atoms with E-state index in [4.69, 9.17) is 5.73 Å². The summed E-state index contributed by atoms with van der Waals surface area (Å²) < 4.78 is 1.11. The summed E-state index contributed by atoms with van der Waals surface area (Å²) in [6, 6.07) is 8.45. The lowest BCUT2D eigenvalue weighted by Crippen LogP contribution is -2.30. The van der Waals surface area contributed by atoms with Gasteiger partial charge in [0.1, 0.15) is 0 Å². The number of hydrogen-bond donors (Lipinski definition) is 2. The molecule has 0 spiro atoms. The average Bonchev–Trinajstić information content (AvgIpc) is 3.02. The van der Waals surface area contributed by atoms with Gasteiger partial charge in [-0.2, -0.15) is 0 Å². The summed E-state index contributed by atoms with van der Waals surface area (Å²) in [5.74, 6) is 0.750.